The fraction of sp³-hybridized carbons (Fsp3) is 0.286. The molecular formula is C28H27Cl2N5. The molecule has 2 aliphatic rings. The van der Waals surface area contributed by atoms with Gasteiger partial charge in [0.25, 0.3) is 0 Å². The van der Waals surface area contributed by atoms with Gasteiger partial charge in [-0.25, -0.2) is 4.98 Å². The number of fused-ring (bicyclic) bond motifs is 2. The van der Waals surface area contributed by atoms with Gasteiger partial charge in [0, 0.05) is 28.3 Å². The first-order chi connectivity index (χ1) is 17.1. The van der Waals surface area contributed by atoms with Crippen LogP contribution in [0.3, 0.4) is 0 Å². The second-order valence-corrected chi connectivity index (χ2v) is 10.3. The number of rotatable bonds is 6. The molecule has 2 atom stereocenters. The zero-order valence-electron chi connectivity index (χ0n) is 19.3. The molecule has 2 aromatic carbocycles. The van der Waals surface area contributed by atoms with E-state index in [2.05, 4.69) is 56.7 Å². The van der Waals surface area contributed by atoms with E-state index in [0.29, 0.717) is 17.9 Å². The summed E-state index contributed by atoms with van der Waals surface area (Å²) in [4.78, 5) is 9.14. The van der Waals surface area contributed by atoms with Crippen molar-refractivity contribution in [2.24, 2.45) is 10.9 Å². The van der Waals surface area contributed by atoms with Crippen molar-refractivity contribution >= 4 is 56.6 Å². The van der Waals surface area contributed by atoms with E-state index < -0.39 is 0 Å². The minimum Gasteiger partial charge on any atom is -0.352 e. The van der Waals surface area contributed by atoms with Crippen LogP contribution in [0.2, 0.25) is 5.02 Å². The van der Waals surface area contributed by atoms with Gasteiger partial charge in [0.15, 0.2) is 0 Å². The van der Waals surface area contributed by atoms with Gasteiger partial charge >= 0.3 is 0 Å². The topological polar surface area (TPSA) is 54.2 Å². The first kappa shape index (κ1) is 22.4. The number of aromatic nitrogens is 2. The molecule has 35 heavy (non-hydrogen) atoms. The van der Waals surface area contributed by atoms with Crippen molar-refractivity contribution in [3.8, 4) is 0 Å². The lowest BCUT2D eigenvalue weighted by Crippen LogP contribution is -2.16. The Morgan fingerprint density at radius 3 is 2.74 bits per heavy atom. The van der Waals surface area contributed by atoms with Crippen molar-refractivity contribution in [1.82, 2.24) is 9.55 Å². The van der Waals surface area contributed by atoms with Crippen LogP contribution < -0.4 is 10.6 Å². The van der Waals surface area contributed by atoms with Gasteiger partial charge in [0.05, 0.1) is 11.1 Å². The lowest BCUT2D eigenvalue weighted by molar-refractivity contribution is 0.458. The number of hydrogen-bond donors (Lipinski definition) is 2. The molecule has 2 unspecified atom stereocenters. The number of aryl methyl sites for hydroxylation is 1. The molecule has 6 rings (SSSR count). The highest BCUT2D eigenvalue weighted by Crippen LogP contribution is 2.40. The second-order valence-electron chi connectivity index (χ2n) is 9.50. The van der Waals surface area contributed by atoms with Gasteiger partial charge < -0.3 is 15.2 Å². The van der Waals surface area contributed by atoms with Crippen LogP contribution in [0.1, 0.15) is 42.9 Å². The monoisotopic (exact) mass is 503 g/mol. The third-order valence-electron chi connectivity index (χ3n) is 7.22. The quantitative estimate of drug-likeness (QED) is 0.282. The van der Waals surface area contributed by atoms with E-state index in [9.17, 15) is 0 Å². The predicted molar refractivity (Wildman–Crippen MR) is 146 cm³/mol. The number of aliphatic imine (C=N–C) groups is 1. The Bertz CT molecular complexity index is 1390. The molecule has 3 heterocycles. The Labute approximate surface area is 215 Å². The van der Waals surface area contributed by atoms with E-state index in [-0.39, 0.29) is 0 Å². The molecule has 178 valence electrons. The highest BCUT2D eigenvalue weighted by Gasteiger charge is 2.28. The summed E-state index contributed by atoms with van der Waals surface area (Å²) in [6, 6.07) is 21.1. The molecule has 1 aliphatic heterocycles. The Morgan fingerprint density at radius 1 is 1.00 bits per heavy atom. The van der Waals surface area contributed by atoms with Crippen LogP contribution >= 0.6 is 23.2 Å². The highest BCUT2D eigenvalue weighted by molar-refractivity contribution is 6.70. The summed E-state index contributed by atoms with van der Waals surface area (Å²) >= 11 is 12.3. The zero-order valence-corrected chi connectivity index (χ0v) is 20.9. The van der Waals surface area contributed by atoms with Crippen molar-refractivity contribution < 1.29 is 0 Å². The van der Waals surface area contributed by atoms with Gasteiger partial charge in [-0.15, -0.1) is 0 Å². The summed E-state index contributed by atoms with van der Waals surface area (Å²) in [5.41, 5.74) is 4.37. The number of anilines is 3. The van der Waals surface area contributed by atoms with E-state index >= 15 is 0 Å². The van der Waals surface area contributed by atoms with Crippen molar-refractivity contribution in [2.45, 2.75) is 38.1 Å². The maximum atomic E-state index is 6.29. The van der Waals surface area contributed by atoms with Crippen LogP contribution in [-0.2, 0) is 6.42 Å². The van der Waals surface area contributed by atoms with Crippen LogP contribution in [0.25, 0.3) is 10.9 Å². The van der Waals surface area contributed by atoms with Gasteiger partial charge in [-0.05, 0) is 92.1 Å². The normalized spacial score (nSPS) is 19.3. The van der Waals surface area contributed by atoms with E-state index in [1.165, 1.54) is 31.2 Å². The smallest absolute Gasteiger partial charge is 0.136 e. The second kappa shape index (κ2) is 9.56. The molecule has 0 spiro atoms. The van der Waals surface area contributed by atoms with Crippen LogP contribution in [-0.4, -0.2) is 21.4 Å². The third-order valence-corrected chi connectivity index (χ3v) is 7.80. The largest absolute Gasteiger partial charge is 0.352 e. The van der Waals surface area contributed by atoms with E-state index in [1.54, 1.807) is 0 Å². The molecule has 5 nitrogen and oxygen atoms in total. The average Bonchev–Trinajstić information content (AvgIpc) is 3.52. The Hall–Kier alpha value is -3.02. The van der Waals surface area contributed by atoms with Crippen LogP contribution in [0.5, 0.6) is 0 Å². The molecule has 0 bridgehead atoms. The van der Waals surface area contributed by atoms with Crippen molar-refractivity contribution in [3.05, 3.63) is 83.0 Å². The average molecular weight is 504 g/mol. The van der Waals surface area contributed by atoms with Crippen molar-refractivity contribution in [1.29, 1.82) is 0 Å². The first-order valence-corrected chi connectivity index (χ1v) is 13.0. The molecule has 0 amide bonds. The molecule has 1 saturated carbocycles. The predicted octanol–water partition coefficient (Wildman–Crippen LogP) is 7.78. The minimum atomic E-state index is 0.526. The van der Waals surface area contributed by atoms with Gasteiger partial charge in [-0.2, -0.15) is 0 Å². The van der Waals surface area contributed by atoms with Crippen LogP contribution in [0.15, 0.2) is 71.9 Å². The summed E-state index contributed by atoms with van der Waals surface area (Å²) in [5.74, 6) is 2.69. The Morgan fingerprint density at radius 2 is 1.86 bits per heavy atom. The fourth-order valence-corrected chi connectivity index (χ4v) is 5.72. The third kappa shape index (κ3) is 4.75. The molecule has 2 aromatic heterocycles. The van der Waals surface area contributed by atoms with Crippen molar-refractivity contribution in [3.63, 3.8) is 0 Å². The molecule has 4 aromatic rings. The number of benzene rings is 2. The Kier molecular flexibility index (Phi) is 6.13. The van der Waals surface area contributed by atoms with E-state index in [1.807, 2.05) is 30.3 Å². The SMILES string of the molecule is ClC1=NCNc2c1ccn2C1CCC(CCc2ccc3ccc(Nc4ccc(Cl)cc4)nc3c2)C1. The number of halogens is 2. The zero-order chi connectivity index (χ0) is 23.8. The summed E-state index contributed by atoms with van der Waals surface area (Å²) in [5, 5.41) is 9.27. The van der Waals surface area contributed by atoms with Gasteiger partial charge in [0.2, 0.25) is 0 Å². The molecule has 0 saturated heterocycles. The summed E-state index contributed by atoms with van der Waals surface area (Å²) in [6.07, 6.45) is 8.12. The minimum absolute atomic E-state index is 0.526. The van der Waals surface area contributed by atoms with Crippen molar-refractivity contribution in [2.75, 3.05) is 17.3 Å². The van der Waals surface area contributed by atoms with Crippen LogP contribution in [0.4, 0.5) is 17.3 Å². The highest BCUT2D eigenvalue weighted by atomic mass is 35.5. The van der Waals surface area contributed by atoms with E-state index in [4.69, 9.17) is 28.2 Å². The van der Waals surface area contributed by atoms with Gasteiger partial charge in [0.1, 0.15) is 23.5 Å². The summed E-state index contributed by atoms with van der Waals surface area (Å²) in [6.45, 7) is 0.554. The summed E-state index contributed by atoms with van der Waals surface area (Å²) < 4.78 is 2.38. The van der Waals surface area contributed by atoms with E-state index in [0.717, 1.165) is 51.2 Å². The fourth-order valence-electron chi connectivity index (χ4n) is 5.38. The summed E-state index contributed by atoms with van der Waals surface area (Å²) in [7, 11) is 0. The number of nitrogens with zero attached hydrogens (tertiary/aromatic N) is 3. The number of nitrogens with one attached hydrogen (secondary N) is 2. The molecular weight excluding hydrogens is 477 g/mol. The lowest BCUT2D eigenvalue weighted by atomic mass is 9.97. The maximum Gasteiger partial charge on any atom is 0.136 e. The first-order valence-electron chi connectivity index (χ1n) is 12.2. The maximum absolute atomic E-state index is 6.29. The van der Waals surface area contributed by atoms with Gasteiger partial charge in [-0.3, -0.25) is 4.99 Å². The molecule has 1 fully saturated rings. The Balaban J connectivity index is 1.10. The molecule has 2 N–H and O–H groups in total. The molecule has 0 radical (unpaired) electrons. The van der Waals surface area contributed by atoms with Gasteiger partial charge in [-0.1, -0.05) is 35.3 Å². The lowest BCUT2D eigenvalue weighted by Gasteiger charge is -2.20. The number of pyridine rings is 1. The number of hydrogen-bond acceptors (Lipinski definition) is 4. The molecule has 7 heteroatoms. The standard InChI is InChI=1S/C28H27Cl2N5/c29-21-7-9-22(10-8-21)33-26-12-6-20-5-3-19(16-25(20)34-26)2-1-18-4-11-23(15-18)35-14-13-24-27(30)31-17-32-28(24)35/h3,5-10,12-14,16,18,23,32H,1-2,4,11,15,17H2,(H,33,34). The molecule has 1 aliphatic carbocycles. The van der Waals surface area contributed by atoms with Crippen LogP contribution in [0, 0.1) is 5.92 Å².